The summed E-state index contributed by atoms with van der Waals surface area (Å²) in [7, 11) is 0. The quantitative estimate of drug-likeness (QED) is 0.651. The number of urea groups is 1. The van der Waals surface area contributed by atoms with Crippen LogP contribution in [0, 0.1) is 11.3 Å². The van der Waals surface area contributed by atoms with Crippen molar-refractivity contribution in [3.8, 4) is 6.07 Å². The fourth-order valence-electron chi connectivity index (χ4n) is 4.87. The molecule has 3 aromatic rings. The van der Waals surface area contributed by atoms with Crippen molar-refractivity contribution in [3.05, 3.63) is 83.9 Å². The molecule has 2 aromatic carbocycles. The second-order valence-corrected chi connectivity index (χ2v) is 8.67. The third kappa shape index (κ3) is 4.47. The molecule has 2 amide bonds. The molecule has 34 heavy (non-hydrogen) atoms. The molecule has 5 rings (SSSR count). The van der Waals surface area contributed by atoms with Crippen molar-refractivity contribution in [2.24, 2.45) is 0 Å². The first-order valence-corrected chi connectivity index (χ1v) is 11.6. The third-order valence-electron chi connectivity index (χ3n) is 6.59. The molecule has 3 heterocycles. The molecule has 8 heteroatoms. The van der Waals surface area contributed by atoms with E-state index in [4.69, 9.17) is 4.74 Å². The summed E-state index contributed by atoms with van der Waals surface area (Å²) >= 11 is 0. The van der Waals surface area contributed by atoms with Gasteiger partial charge in [-0.15, -0.1) is 0 Å². The number of carbonyl (C=O) groups excluding carboxylic acids is 1. The van der Waals surface area contributed by atoms with Crippen molar-refractivity contribution in [1.82, 2.24) is 19.8 Å². The molecule has 0 bridgehead atoms. The van der Waals surface area contributed by atoms with Crippen LogP contribution in [0.3, 0.4) is 0 Å². The largest absolute Gasteiger partial charge is 0.378 e. The summed E-state index contributed by atoms with van der Waals surface area (Å²) in [5, 5.41) is 10.5. The maximum absolute atomic E-state index is 13.9. The molecule has 0 saturated carbocycles. The molecule has 1 unspecified atom stereocenters. The number of rotatable bonds is 4. The fourth-order valence-corrected chi connectivity index (χ4v) is 4.87. The number of para-hydroxylation sites is 1. The number of hydrogen-bond donors (Lipinski definition) is 1. The van der Waals surface area contributed by atoms with E-state index in [1.165, 1.54) is 0 Å². The molecule has 8 nitrogen and oxygen atoms in total. The summed E-state index contributed by atoms with van der Waals surface area (Å²) in [5.74, 6) is 0. The lowest BCUT2D eigenvalue weighted by atomic mass is 9.97. The van der Waals surface area contributed by atoms with Gasteiger partial charge < -0.3 is 24.4 Å². The van der Waals surface area contributed by atoms with E-state index in [9.17, 15) is 10.1 Å². The first kappa shape index (κ1) is 22.0. The Morgan fingerprint density at radius 1 is 1.12 bits per heavy atom. The van der Waals surface area contributed by atoms with Crippen LogP contribution in [-0.2, 0) is 24.2 Å². The SMILES string of the molecule is N#C[C@H]1C(Cc2ccccc2)N(C(=O)N2CCOCC2)Cc2ccccc2N1Cc1cnc[nH]1. The Hall–Kier alpha value is -3.83. The first-order chi connectivity index (χ1) is 16.7. The molecule has 1 aromatic heterocycles. The number of ether oxygens (including phenoxy) is 1. The third-order valence-corrected chi connectivity index (χ3v) is 6.59. The van der Waals surface area contributed by atoms with Gasteiger partial charge in [0.1, 0.15) is 6.04 Å². The minimum Gasteiger partial charge on any atom is -0.378 e. The van der Waals surface area contributed by atoms with Crippen molar-refractivity contribution in [2.45, 2.75) is 31.6 Å². The highest BCUT2D eigenvalue weighted by Crippen LogP contribution is 2.34. The van der Waals surface area contributed by atoms with Crippen LogP contribution in [0.1, 0.15) is 16.8 Å². The summed E-state index contributed by atoms with van der Waals surface area (Å²) < 4.78 is 5.48. The number of anilines is 1. The molecule has 174 valence electrons. The highest BCUT2D eigenvalue weighted by atomic mass is 16.5. The van der Waals surface area contributed by atoms with Crippen LogP contribution in [0.4, 0.5) is 10.5 Å². The zero-order valence-corrected chi connectivity index (χ0v) is 19.0. The normalized spacial score (nSPS) is 20.4. The van der Waals surface area contributed by atoms with Gasteiger partial charge in [0, 0.05) is 31.5 Å². The lowest BCUT2D eigenvalue weighted by Crippen LogP contribution is -2.56. The van der Waals surface area contributed by atoms with E-state index in [0.717, 1.165) is 22.5 Å². The highest BCUT2D eigenvalue weighted by molar-refractivity contribution is 5.76. The van der Waals surface area contributed by atoms with Crippen LogP contribution in [-0.4, -0.2) is 64.2 Å². The number of fused-ring (bicyclic) bond motifs is 1. The van der Waals surface area contributed by atoms with Crippen molar-refractivity contribution in [3.63, 3.8) is 0 Å². The molecule has 1 saturated heterocycles. The summed E-state index contributed by atoms with van der Waals surface area (Å²) in [4.78, 5) is 27.0. The zero-order valence-electron chi connectivity index (χ0n) is 19.0. The van der Waals surface area contributed by atoms with Crippen LogP contribution in [0.15, 0.2) is 67.1 Å². The van der Waals surface area contributed by atoms with Crippen LogP contribution >= 0.6 is 0 Å². The predicted molar refractivity (Wildman–Crippen MR) is 128 cm³/mol. The number of morpholine rings is 1. The number of benzene rings is 2. The molecule has 0 aliphatic carbocycles. The molecule has 2 aliphatic heterocycles. The van der Waals surface area contributed by atoms with E-state index >= 15 is 0 Å². The van der Waals surface area contributed by atoms with E-state index in [1.54, 1.807) is 12.5 Å². The summed E-state index contributed by atoms with van der Waals surface area (Å²) in [6, 6.07) is 19.8. The van der Waals surface area contributed by atoms with Crippen molar-refractivity contribution >= 4 is 11.7 Å². The van der Waals surface area contributed by atoms with Gasteiger partial charge in [0.15, 0.2) is 0 Å². The standard InChI is InChI=1S/C26H28N6O2/c27-15-25-24(14-20-6-2-1-3-7-20)32(26(33)30-10-12-34-13-11-30)17-21-8-4-5-9-23(21)31(25)18-22-16-28-19-29-22/h1-9,16,19,24-25H,10-14,17-18H2,(H,28,29)/t24?,25-/m0/s1. The van der Waals surface area contributed by atoms with Gasteiger partial charge in [-0.3, -0.25) is 0 Å². The smallest absolute Gasteiger partial charge is 0.320 e. The minimum absolute atomic E-state index is 0.0392. The van der Waals surface area contributed by atoms with Crippen molar-refractivity contribution in [2.75, 3.05) is 31.2 Å². The Morgan fingerprint density at radius 2 is 1.88 bits per heavy atom. The number of imidazole rings is 1. The minimum atomic E-state index is -0.544. The van der Waals surface area contributed by atoms with E-state index in [2.05, 4.69) is 33.1 Å². The Balaban J connectivity index is 1.58. The van der Waals surface area contributed by atoms with Gasteiger partial charge in [0.05, 0.1) is 43.9 Å². The highest BCUT2D eigenvalue weighted by Gasteiger charge is 2.40. The number of nitriles is 1. The van der Waals surface area contributed by atoms with Gasteiger partial charge in [0.25, 0.3) is 0 Å². The topological polar surface area (TPSA) is 88.5 Å². The lowest BCUT2D eigenvalue weighted by molar-refractivity contribution is 0.0377. The number of nitrogens with zero attached hydrogens (tertiary/aromatic N) is 5. The number of aromatic nitrogens is 2. The van der Waals surface area contributed by atoms with Crippen molar-refractivity contribution < 1.29 is 9.53 Å². The second kappa shape index (κ2) is 9.98. The molecule has 1 N–H and O–H groups in total. The predicted octanol–water partition coefficient (Wildman–Crippen LogP) is 3.19. The average molecular weight is 457 g/mol. The molecule has 0 spiro atoms. The number of aromatic amines is 1. The van der Waals surface area contributed by atoms with E-state index in [-0.39, 0.29) is 12.1 Å². The maximum atomic E-state index is 13.9. The van der Waals surface area contributed by atoms with Crippen LogP contribution in [0.5, 0.6) is 0 Å². The summed E-state index contributed by atoms with van der Waals surface area (Å²) in [5.41, 5.74) is 4.01. The molecule has 2 atom stereocenters. The molecular weight excluding hydrogens is 428 g/mol. The summed E-state index contributed by atoms with van der Waals surface area (Å²) in [6.45, 7) is 3.14. The van der Waals surface area contributed by atoms with Crippen molar-refractivity contribution in [1.29, 1.82) is 5.26 Å². The first-order valence-electron chi connectivity index (χ1n) is 11.6. The van der Waals surface area contributed by atoms with Crippen LogP contribution in [0.25, 0.3) is 0 Å². The van der Waals surface area contributed by atoms with E-state index in [1.807, 2.05) is 52.3 Å². The van der Waals surface area contributed by atoms with Gasteiger partial charge in [-0.1, -0.05) is 48.5 Å². The monoisotopic (exact) mass is 456 g/mol. The Kier molecular flexibility index (Phi) is 6.45. The zero-order chi connectivity index (χ0) is 23.3. The second-order valence-electron chi connectivity index (χ2n) is 8.67. The molecular formula is C26H28N6O2. The van der Waals surface area contributed by atoms with Gasteiger partial charge in [0.2, 0.25) is 0 Å². The molecule has 0 radical (unpaired) electrons. The Bertz CT molecular complexity index is 1140. The van der Waals surface area contributed by atoms with Gasteiger partial charge >= 0.3 is 6.03 Å². The maximum Gasteiger partial charge on any atom is 0.320 e. The van der Waals surface area contributed by atoms with Gasteiger partial charge in [-0.25, -0.2) is 9.78 Å². The van der Waals surface area contributed by atoms with E-state index in [0.29, 0.717) is 45.8 Å². The Labute approximate surface area is 199 Å². The summed E-state index contributed by atoms with van der Waals surface area (Å²) in [6.07, 6.45) is 4.02. The number of amides is 2. The van der Waals surface area contributed by atoms with E-state index < -0.39 is 6.04 Å². The van der Waals surface area contributed by atoms with Crippen LogP contribution < -0.4 is 4.90 Å². The number of carbonyl (C=O) groups is 1. The van der Waals surface area contributed by atoms with Gasteiger partial charge in [-0.05, 0) is 23.6 Å². The Morgan fingerprint density at radius 3 is 2.62 bits per heavy atom. The lowest BCUT2D eigenvalue weighted by Gasteiger charge is -2.39. The molecule has 1 fully saturated rings. The number of H-pyrrole nitrogens is 1. The number of hydrogen-bond acceptors (Lipinski definition) is 5. The van der Waals surface area contributed by atoms with Crippen LogP contribution in [0.2, 0.25) is 0 Å². The fraction of sp³-hybridized carbons (Fsp3) is 0.346. The van der Waals surface area contributed by atoms with Gasteiger partial charge in [-0.2, -0.15) is 5.26 Å². The average Bonchev–Trinajstić information content (AvgIpc) is 3.36. The molecule has 2 aliphatic rings. The number of nitrogens with one attached hydrogen (secondary N) is 1.